The Labute approximate surface area is 233 Å². The molecule has 0 saturated heterocycles. The van der Waals surface area contributed by atoms with Crippen LogP contribution in [0.25, 0.3) is 0 Å². The molecule has 0 heterocycles. The van der Waals surface area contributed by atoms with Gasteiger partial charge in [0.25, 0.3) is 0 Å². The van der Waals surface area contributed by atoms with Gasteiger partial charge in [-0.15, -0.1) is 0 Å². The molecule has 0 fully saturated rings. The average Bonchev–Trinajstić information content (AvgIpc) is 2.85. The predicted molar refractivity (Wildman–Crippen MR) is 151 cm³/mol. The van der Waals surface area contributed by atoms with Gasteiger partial charge in [0.15, 0.2) is 20.0 Å². The lowest BCUT2D eigenvalue weighted by atomic mass is 9.87. The van der Waals surface area contributed by atoms with Crippen molar-refractivity contribution in [3.63, 3.8) is 0 Å². The van der Waals surface area contributed by atoms with E-state index < -0.39 is 20.0 Å². The van der Waals surface area contributed by atoms with Gasteiger partial charge in [-0.3, -0.25) is 14.2 Å². The maximum Gasteiger partial charge on any atom is 0.197 e. The van der Waals surface area contributed by atoms with E-state index in [1.54, 1.807) is 48.5 Å². The van der Waals surface area contributed by atoms with E-state index in [4.69, 9.17) is 46.4 Å². The Morgan fingerprint density at radius 3 is 1.61 bits per heavy atom. The molecule has 0 aliphatic rings. The summed E-state index contributed by atoms with van der Waals surface area (Å²) in [5, 5.41) is 0.761. The molecule has 0 bridgehead atoms. The molecule has 0 atom stereocenters. The van der Waals surface area contributed by atoms with Crippen molar-refractivity contribution in [2.45, 2.75) is 51.9 Å². The minimum atomic E-state index is -0.583. The van der Waals surface area contributed by atoms with Crippen molar-refractivity contribution in [1.82, 2.24) is 0 Å². The first-order valence-electron chi connectivity index (χ1n) is 11.8. The number of benzene rings is 3. The highest BCUT2D eigenvalue weighted by Crippen LogP contribution is 2.33. The fourth-order valence-corrected chi connectivity index (χ4v) is 5.76. The Morgan fingerprint density at radius 2 is 1.11 bits per heavy atom. The van der Waals surface area contributed by atoms with E-state index in [0.29, 0.717) is 12.0 Å². The molecule has 0 unspecified atom stereocenters. The molecule has 0 radical (unpaired) electrons. The van der Waals surface area contributed by atoms with Crippen LogP contribution in [0.2, 0.25) is 20.1 Å². The van der Waals surface area contributed by atoms with Crippen molar-refractivity contribution >= 4 is 71.7 Å². The van der Waals surface area contributed by atoms with E-state index in [1.807, 2.05) is 0 Å². The Morgan fingerprint density at radius 1 is 0.639 bits per heavy atom. The van der Waals surface area contributed by atoms with Gasteiger partial charge in [0, 0.05) is 11.1 Å². The van der Waals surface area contributed by atoms with Gasteiger partial charge in [-0.05, 0) is 48.7 Å². The zero-order chi connectivity index (χ0) is 26.2. The summed E-state index contributed by atoms with van der Waals surface area (Å²) in [6.45, 7) is 2.17. The molecule has 0 amide bonds. The Kier molecular flexibility index (Phi) is 11.0. The zero-order valence-corrected chi connectivity index (χ0v) is 23.7. The van der Waals surface area contributed by atoms with Crippen LogP contribution >= 0.6 is 54.9 Å². The van der Waals surface area contributed by atoms with E-state index in [2.05, 4.69) is 6.92 Å². The van der Waals surface area contributed by atoms with Gasteiger partial charge in [0.05, 0.1) is 36.5 Å². The topological polar surface area (TPSA) is 51.2 Å². The van der Waals surface area contributed by atoms with E-state index >= 15 is 0 Å². The first-order chi connectivity index (χ1) is 17.3. The van der Waals surface area contributed by atoms with Gasteiger partial charge in [0.2, 0.25) is 0 Å². The van der Waals surface area contributed by atoms with Crippen molar-refractivity contribution in [3.8, 4) is 0 Å². The van der Waals surface area contributed by atoms with E-state index in [-0.39, 0.29) is 47.6 Å². The second-order valence-electron chi connectivity index (χ2n) is 8.45. The first kappa shape index (κ1) is 28.8. The fraction of sp³-hybridized carbons (Fsp3) is 0.286. The highest BCUT2D eigenvalue weighted by Gasteiger charge is 2.30. The normalized spacial score (nSPS) is 11.1. The fourth-order valence-electron chi connectivity index (χ4n) is 4.18. The lowest BCUT2D eigenvalue weighted by Crippen LogP contribution is -2.22. The van der Waals surface area contributed by atoms with Crippen LogP contribution in [0.5, 0.6) is 0 Å². The molecule has 3 aromatic rings. The summed E-state index contributed by atoms with van der Waals surface area (Å²) >= 11 is 25.4. The highest BCUT2D eigenvalue weighted by atomic mass is 35.5. The SMILES string of the molecule is CCCCCCCCc1ccc(P=O)c(C(=O)c2c(Cl)cccc2Cl)c1C(=O)c1c(Cl)cccc1Cl. The van der Waals surface area contributed by atoms with Gasteiger partial charge < -0.3 is 0 Å². The summed E-state index contributed by atoms with van der Waals surface area (Å²) in [4.78, 5) is 27.8. The number of carbonyl (C=O) groups is 2. The van der Waals surface area contributed by atoms with Crippen molar-refractivity contribution in [2.75, 3.05) is 0 Å². The molecule has 8 heteroatoms. The summed E-state index contributed by atoms with van der Waals surface area (Å²) in [7, 11) is -0.420. The quantitative estimate of drug-likeness (QED) is 0.121. The van der Waals surface area contributed by atoms with Crippen molar-refractivity contribution in [1.29, 1.82) is 0 Å². The summed E-state index contributed by atoms with van der Waals surface area (Å²) in [6.07, 6.45) is 6.96. The molecule has 36 heavy (non-hydrogen) atoms. The molecule has 188 valence electrons. The van der Waals surface area contributed by atoms with Gasteiger partial charge in [-0.25, -0.2) is 0 Å². The second-order valence-corrected chi connectivity index (χ2v) is 10.7. The van der Waals surface area contributed by atoms with Crippen molar-refractivity contribution < 1.29 is 14.2 Å². The molecule has 0 aliphatic heterocycles. The van der Waals surface area contributed by atoms with Crippen LogP contribution in [0, 0.1) is 0 Å². The number of aryl methyl sites for hydroxylation is 1. The number of hydrogen-bond acceptors (Lipinski definition) is 3. The van der Waals surface area contributed by atoms with Crippen LogP contribution in [-0.4, -0.2) is 11.6 Å². The molecule has 3 aromatic carbocycles. The standard InChI is InChI=1S/C28H25Cl4O3P/c1-2-3-4-5-6-7-10-17-15-16-22(36-35)26(28(34)25-20(31)13-9-14-21(25)32)23(17)27(33)24-18(29)11-8-12-19(24)30/h8-9,11-16H,2-7,10H2,1H3. The maximum absolute atomic E-state index is 14.0. The van der Waals surface area contributed by atoms with E-state index in [0.717, 1.165) is 32.1 Å². The molecule has 0 N–H and O–H groups in total. The van der Waals surface area contributed by atoms with Crippen LogP contribution in [0.1, 0.15) is 82.9 Å². The maximum atomic E-state index is 14.0. The number of unbranched alkanes of at least 4 members (excludes halogenated alkanes) is 5. The van der Waals surface area contributed by atoms with Gasteiger partial charge in [-0.1, -0.05) is 104 Å². The summed E-state index contributed by atoms with van der Waals surface area (Å²) in [5.41, 5.74) is 0.905. The molecular formula is C28H25Cl4O3P. The minimum absolute atomic E-state index is 0.00821. The van der Waals surface area contributed by atoms with Crippen LogP contribution < -0.4 is 5.30 Å². The molecule has 0 aliphatic carbocycles. The van der Waals surface area contributed by atoms with E-state index in [1.165, 1.54) is 6.42 Å². The van der Waals surface area contributed by atoms with Gasteiger partial charge in [0.1, 0.15) is 0 Å². The lowest BCUT2D eigenvalue weighted by molar-refractivity contribution is 0.100. The summed E-state index contributed by atoms with van der Waals surface area (Å²) < 4.78 is 12.2. The predicted octanol–water partition coefficient (Wildman–Crippen LogP) is 9.58. The third-order valence-corrected chi connectivity index (χ3v) is 7.83. The largest absolute Gasteiger partial charge is 0.288 e. The van der Waals surface area contributed by atoms with Crippen LogP contribution in [0.4, 0.5) is 0 Å². The van der Waals surface area contributed by atoms with Crippen LogP contribution in [0.3, 0.4) is 0 Å². The molecule has 0 saturated carbocycles. The van der Waals surface area contributed by atoms with Crippen LogP contribution in [-0.2, 0) is 11.0 Å². The lowest BCUT2D eigenvalue weighted by Gasteiger charge is -2.17. The second kappa shape index (κ2) is 13.7. The Bertz CT molecular complexity index is 1250. The molecular weight excluding hydrogens is 557 g/mol. The third kappa shape index (κ3) is 6.57. The number of hydrogen-bond donors (Lipinski definition) is 0. The van der Waals surface area contributed by atoms with Crippen LogP contribution in [0.15, 0.2) is 48.5 Å². The Balaban J connectivity index is 2.19. The minimum Gasteiger partial charge on any atom is -0.288 e. The average molecular weight is 582 g/mol. The first-order valence-corrected chi connectivity index (χ1v) is 14.1. The monoisotopic (exact) mass is 580 g/mol. The van der Waals surface area contributed by atoms with E-state index in [9.17, 15) is 14.2 Å². The third-order valence-electron chi connectivity index (χ3n) is 6.00. The number of halogens is 4. The summed E-state index contributed by atoms with van der Waals surface area (Å²) in [5.74, 6) is -1.09. The number of carbonyl (C=O) groups excluding carboxylic acids is 2. The molecule has 3 nitrogen and oxygen atoms in total. The molecule has 0 aromatic heterocycles. The zero-order valence-electron chi connectivity index (χ0n) is 19.8. The molecule has 0 spiro atoms. The van der Waals surface area contributed by atoms with Crippen molar-refractivity contribution in [2.24, 2.45) is 0 Å². The number of ketones is 2. The van der Waals surface area contributed by atoms with Gasteiger partial charge >= 0.3 is 0 Å². The highest BCUT2D eigenvalue weighted by molar-refractivity contribution is 7.34. The van der Waals surface area contributed by atoms with Gasteiger partial charge in [-0.2, -0.15) is 0 Å². The summed E-state index contributed by atoms with van der Waals surface area (Å²) in [6, 6.07) is 12.8. The Hall–Kier alpha value is -1.74. The van der Waals surface area contributed by atoms with Crippen molar-refractivity contribution in [3.05, 3.63) is 96.4 Å². The molecule has 3 rings (SSSR count). The smallest absolute Gasteiger partial charge is 0.197 e. The number of rotatable bonds is 12.